The Morgan fingerprint density at radius 2 is 1.83 bits per heavy atom. The molecule has 0 amide bonds. The summed E-state index contributed by atoms with van der Waals surface area (Å²) in [5, 5.41) is 36.1. The van der Waals surface area contributed by atoms with Crippen LogP contribution in [-0.4, -0.2) is 51.4 Å². The zero-order valence-corrected chi connectivity index (χ0v) is 6.42. The van der Waals surface area contributed by atoms with Gasteiger partial charge in [0.1, 0.15) is 30.2 Å². The van der Waals surface area contributed by atoms with Crippen molar-refractivity contribution in [2.75, 3.05) is 6.61 Å². The zero-order chi connectivity index (χ0) is 9.30. The van der Waals surface area contributed by atoms with E-state index in [9.17, 15) is 5.11 Å². The smallest absolute Gasteiger partial charge is 0.150 e. The summed E-state index contributed by atoms with van der Waals surface area (Å²) in [6.07, 6.45) is -4.82. The van der Waals surface area contributed by atoms with E-state index in [0.717, 1.165) is 0 Å². The molecule has 1 heterocycles. The first-order chi connectivity index (χ1) is 5.57. The quantitative estimate of drug-likeness (QED) is 0.370. The molecular formula is C7H12O5. The summed E-state index contributed by atoms with van der Waals surface area (Å²) >= 11 is 0. The maximum Gasteiger partial charge on any atom is 0.150 e. The zero-order valence-electron chi connectivity index (χ0n) is 6.42. The van der Waals surface area contributed by atoms with Gasteiger partial charge in [0, 0.05) is 0 Å². The molecule has 0 radical (unpaired) electrons. The van der Waals surface area contributed by atoms with Gasteiger partial charge in [0.25, 0.3) is 0 Å². The Bertz CT molecular complexity index is 179. The van der Waals surface area contributed by atoms with Gasteiger partial charge in [-0.05, 0) is 0 Å². The molecule has 70 valence electrons. The minimum atomic E-state index is -1.34. The molecule has 12 heavy (non-hydrogen) atoms. The van der Waals surface area contributed by atoms with Crippen LogP contribution in [0.2, 0.25) is 0 Å². The number of aliphatic hydroxyl groups is 4. The first kappa shape index (κ1) is 9.47. The van der Waals surface area contributed by atoms with Crippen molar-refractivity contribution in [3.8, 4) is 0 Å². The van der Waals surface area contributed by atoms with Crippen LogP contribution in [0.25, 0.3) is 0 Å². The molecule has 4 atom stereocenters. The van der Waals surface area contributed by atoms with Gasteiger partial charge in [-0.15, -0.1) is 0 Å². The fourth-order valence-corrected chi connectivity index (χ4v) is 1.08. The second-order valence-electron chi connectivity index (χ2n) is 2.73. The van der Waals surface area contributed by atoms with Crippen molar-refractivity contribution < 1.29 is 25.2 Å². The molecule has 0 saturated carbocycles. The Kier molecular flexibility index (Phi) is 2.69. The van der Waals surface area contributed by atoms with Gasteiger partial charge in [0.15, 0.2) is 0 Å². The Hall–Kier alpha value is -0.620. The van der Waals surface area contributed by atoms with Gasteiger partial charge in [0.05, 0.1) is 6.61 Å². The van der Waals surface area contributed by atoms with Gasteiger partial charge in [0.2, 0.25) is 0 Å². The Morgan fingerprint density at radius 1 is 1.25 bits per heavy atom. The number of rotatable bonds is 1. The van der Waals surface area contributed by atoms with Crippen LogP contribution in [0.4, 0.5) is 0 Å². The van der Waals surface area contributed by atoms with Crippen LogP contribution in [0.5, 0.6) is 0 Å². The Morgan fingerprint density at radius 3 is 2.33 bits per heavy atom. The average Bonchev–Trinajstić information content (AvgIpc) is 2.08. The second-order valence-corrected chi connectivity index (χ2v) is 2.73. The lowest BCUT2D eigenvalue weighted by Gasteiger charge is -2.35. The number of hydrogen-bond donors (Lipinski definition) is 4. The topological polar surface area (TPSA) is 90.2 Å². The summed E-state index contributed by atoms with van der Waals surface area (Å²) < 4.78 is 4.83. The summed E-state index contributed by atoms with van der Waals surface area (Å²) in [5.41, 5.74) is 0. The van der Waals surface area contributed by atoms with Crippen LogP contribution in [0.1, 0.15) is 0 Å². The van der Waals surface area contributed by atoms with Gasteiger partial charge in [-0.25, -0.2) is 0 Å². The molecule has 0 aromatic rings. The molecule has 4 N–H and O–H groups in total. The van der Waals surface area contributed by atoms with Crippen LogP contribution in [0.3, 0.4) is 0 Å². The third-order valence-corrected chi connectivity index (χ3v) is 1.87. The van der Waals surface area contributed by atoms with E-state index < -0.39 is 31.0 Å². The molecule has 0 spiro atoms. The van der Waals surface area contributed by atoms with Crippen molar-refractivity contribution >= 4 is 0 Å². The molecular weight excluding hydrogens is 164 g/mol. The molecule has 0 aliphatic carbocycles. The Balaban J connectivity index is 2.70. The number of hydrogen-bond acceptors (Lipinski definition) is 5. The number of aliphatic hydroxyl groups excluding tert-OH is 4. The van der Waals surface area contributed by atoms with Gasteiger partial charge >= 0.3 is 0 Å². The third kappa shape index (κ3) is 1.44. The standard InChI is InChI=1S/C7H12O5/c1-3-5(9)7(11)6(10)4(2-8)12-3/h4-11H,1-2H2/t4-,5+,6-,7-/m1/s1. The van der Waals surface area contributed by atoms with Crippen LogP contribution >= 0.6 is 0 Å². The maximum atomic E-state index is 9.19. The first-order valence-corrected chi connectivity index (χ1v) is 3.58. The van der Waals surface area contributed by atoms with Crippen molar-refractivity contribution in [3.63, 3.8) is 0 Å². The van der Waals surface area contributed by atoms with E-state index in [1.165, 1.54) is 0 Å². The SMILES string of the molecule is C=C1O[C@H](CO)[C@@H](O)[C@H](O)[C@H]1O. The minimum absolute atomic E-state index is 0.0353. The van der Waals surface area contributed by atoms with E-state index >= 15 is 0 Å². The molecule has 1 aliphatic rings. The van der Waals surface area contributed by atoms with E-state index in [4.69, 9.17) is 20.1 Å². The van der Waals surface area contributed by atoms with Crippen LogP contribution in [0.15, 0.2) is 12.3 Å². The predicted molar refractivity (Wildman–Crippen MR) is 39.1 cm³/mol. The van der Waals surface area contributed by atoms with E-state index in [1.807, 2.05) is 0 Å². The largest absolute Gasteiger partial charge is 0.487 e. The van der Waals surface area contributed by atoms with E-state index in [-0.39, 0.29) is 5.76 Å². The lowest BCUT2D eigenvalue weighted by molar-refractivity contribution is -0.164. The molecule has 1 aliphatic heterocycles. The average molecular weight is 176 g/mol. The van der Waals surface area contributed by atoms with Crippen molar-refractivity contribution in [3.05, 3.63) is 12.3 Å². The molecule has 5 heteroatoms. The van der Waals surface area contributed by atoms with Crippen LogP contribution < -0.4 is 0 Å². The first-order valence-electron chi connectivity index (χ1n) is 3.58. The molecule has 0 bridgehead atoms. The Labute approximate surface area is 69.5 Å². The fraction of sp³-hybridized carbons (Fsp3) is 0.714. The summed E-state index contributed by atoms with van der Waals surface area (Å²) in [7, 11) is 0. The third-order valence-electron chi connectivity index (χ3n) is 1.87. The highest BCUT2D eigenvalue weighted by atomic mass is 16.5. The van der Waals surface area contributed by atoms with E-state index in [1.54, 1.807) is 0 Å². The van der Waals surface area contributed by atoms with Crippen molar-refractivity contribution in [2.45, 2.75) is 24.4 Å². The summed E-state index contributed by atoms with van der Waals surface area (Å²) in [6.45, 7) is 2.90. The molecule has 0 aromatic heterocycles. The van der Waals surface area contributed by atoms with E-state index in [2.05, 4.69) is 6.58 Å². The van der Waals surface area contributed by atoms with Gasteiger partial charge in [-0.3, -0.25) is 0 Å². The predicted octanol–water partition coefficient (Wildman–Crippen LogP) is -2.03. The maximum absolute atomic E-state index is 9.19. The second kappa shape index (κ2) is 3.40. The number of ether oxygens (including phenoxy) is 1. The lowest BCUT2D eigenvalue weighted by atomic mass is 9.99. The molecule has 0 aromatic carbocycles. The van der Waals surface area contributed by atoms with Crippen LogP contribution in [-0.2, 0) is 4.74 Å². The van der Waals surface area contributed by atoms with Gasteiger partial charge in [-0.1, -0.05) is 6.58 Å². The van der Waals surface area contributed by atoms with Crippen molar-refractivity contribution in [2.24, 2.45) is 0 Å². The highest BCUT2D eigenvalue weighted by molar-refractivity contribution is 5.04. The van der Waals surface area contributed by atoms with Crippen molar-refractivity contribution in [1.29, 1.82) is 0 Å². The molecule has 1 fully saturated rings. The molecule has 1 saturated heterocycles. The normalized spacial score (nSPS) is 42.5. The minimum Gasteiger partial charge on any atom is -0.487 e. The summed E-state index contributed by atoms with van der Waals surface area (Å²) in [6, 6.07) is 0. The van der Waals surface area contributed by atoms with E-state index in [0.29, 0.717) is 0 Å². The highest BCUT2D eigenvalue weighted by Crippen LogP contribution is 2.21. The summed E-state index contributed by atoms with van der Waals surface area (Å²) in [4.78, 5) is 0. The van der Waals surface area contributed by atoms with Crippen molar-refractivity contribution in [1.82, 2.24) is 0 Å². The van der Waals surface area contributed by atoms with Gasteiger partial charge < -0.3 is 25.2 Å². The molecule has 5 nitrogen and oxygen atoms in total. The molecule has 0 unspecified atom stereocenters. The molecule has 1 rings (SSSR count). The van der Waals surface area contributed by atoms with Gasteiger partial charge in [-0.2, -0.15) is 0 Å². The summed E-state index contributed by atoms with van der Waals surface area (Å²) in [5.74, 6) is -0.0353. The lowest BCUT2D eigenvalue weighted by Crippen LogP contribution is -2.52. The fourth-order valence-electron chi connectivity index (χ4n) is 1.08. The van der Waals surface area contributed by atoms with Crippen LogP contribution in [0, 0.1) is 0 Å². The highest BCUT2D eigenvalue weighted by Gasteiger charge is 2.39. The monoisotopic (exact) mass is 176 g/mol.